The van der Waals surface area contributed by atoms with Crippen LogP contribution >= 0.6 is 11.3 Å². The second-order valence-electron chi connectivity index (χ2n) is 2.26. The summed E-state index contributed by atoms with van der Waals surface area (Å²) in [4.78, 5) is 0. The fourth-order valence-electron chi connectivity index (χ4n) is 0.653. The van der Waals surface area contributed by atoms with Crippen molar-refractivity contribution in [1.29, 1.82) is 0 Å². The lowest BCUT2D eigenvalue weighted by Crippen LogP contribution is -1.79. The lowest BCUT2D eigenvalue weighted by atomic mass is 10.3. The van der Waals surface area contributed by atoms with Crippen molar-refractivity contribution in [3.05, 3.63) is 10.0 Å². The predicted octanol–water partition coefficient (Wildman–Crippen LogP) is 0.971. The Morgan fingerprint density at radius 3 is 2.92 bits per heavy atom. The highest BCUT2D eigenvalue weighted by Crippen LogP contribution is 2.05. The number of nitrogens with zero attached hydrogens (tertiary/aromatic N) is 2. The Morgan fingerprint density at radius 1 is 1.50 bits per heavy atom. The van der Waals surface area contributed by atoms with E-state index >= 15 is 0 Å². The summed E-state index contributed by atoms with van der Waals surface area (Å²) >= 11 is 1.49. The van der Waals surface area contributed by atoms with E-state index in [4.69, 9.17) is 5.11 Å². The molecule has 0 aromatic carbocycles. The van der Waals surface area contributed by atoms with Crippen LogP contribution in [0.5, 0.6) is 0 Å². The fraction of sp³-hybridized carbons (Fsp3) is 0.500. The van der Waals surface area contributed by atoms with E-state index in [2.05, 4.69) is 22.0 Å². The molecule has 0 amide bonds. The molecule has 0 aliphatic rings. The smallest absolute Gasteiger partial charge is 0.191 e. The summed E-state index contributed by atoms with van der Waals surface area (Å²) in [7, 11) is 0. The van der Waals surface area contributed by atoms with E-state index in [-0.39, 0.29) is 6.61 Å². The van der Waals surface area contributed by atoms with Crippen LogP contribution in [0.2, 0.25) is 0 Å². The highest BCUT2D eigenvalue weighted by Gasteiger charge is 1.93. The molecule has 4 heteroatoms. The van der Waals surface area contributed by atoms with Gasteiger partial charge in [0, 0.05) is 13.0 Å². The molecule has 12 heavy (non-hydrogen) atoms. The molecule has 0 spiro atoms. The minimum Gasteiger partial charge on any atom is -0.396 e. The van der Waals surface area contributed by atoms with Gasteiger partial charge in [0.25, 0.3) is 0 Å². The van der Waals surface area contributed by atoms with E-state index in [1.165, 1.54) is 11.3 Å². The number of hydrogen-bond donors (Lipinski definition) is 1. The van der Waals surface area contributed by atoms with Crippen LogP contribution in [0.25, 0.3) is 0 Å². The number of aromatic nitrogens is 2. The molecule has 1 rings (SSSR count). The van der Waals surface area contributed by atoms with Gasteiger partial charge in [-0.25, -0.2) is 0 Å². The Hall–Kier alpha value is -0.920. The van der Waals surface area contributed by atoms with Gasteiger partial charge >= 0.3 is 0 Å². The van der Waals surface area contributed by atoms with Crippen LogP contribution in [-0.4, -0.2) is 21.9 Å². The molecule has 0 unspecified atom stereocenters. The molecule has 0 atom stereocenters. The molecule has 64 valence electrons. The second kappa shape index (κ2) is 4.86. The molecule has 0 saturated carbocycles. The lowest BCUT2D eigenvalue weighted by molar-refractivity contribution is 0.290. The van der Waals surface area contributed by atoms with Gasteiger partial charge < -0.3 is 5.11 Å². The average Bonchev–Trinajstić information content (AvgIpc) is 2.45. The third-order valence-electron chi connectivity index (χ3n) is 1.18. The summed E-state index contributed by atoms with van der Waals surface area (Å²) in [5, 5.41) is 17.8. The van der Waals surface area contributed by atoms with Crippen LogP contribution in [0.4, 0.5) is 0 Å². The van der Waals surface area contributed by atoms with Crippen molar-refractivity contribution >= 4 is 11.3 Å². The average molecular weight is 182 g/mol. The first-order valence-electron chi connectivity index (χ1n) is 3.73. The third-order valence-corrected chi connectivity index (χ3v) is 1.94. The minimum absolute atomic E-state index is 0.198. The van der Waals surface area contributed by atoms with Crippen LogP contribution in [0, 0.1) is 18.8 Å². The van der Waals surface area contributed by atoms with Gasteiger partial charge in [0.15, 0.2) is 5.01 Å². The first-order chi connectivity index (χ1) is 5.83. The Morgan fingerprint density at radius 2 is 2.33 bits per heavy atom. The molecule has 0 bridgehead atoms. The molecule has 3 nitrogen and oxygen atoms in total. The molecular weight excluding hydrogens is 172 g/mol. The molecular formula is C8H10N2OS. The van der Waals surface area contributed by atoms with E-state index in [9.17, 15) is 0 Å². The van der Waals surface area contributed by atoms with Gasteiger partial charge in [-0.2, -0.15) is 0 Å². The van der Waals surface area contributed by atoms with Crippen molar-refractivity contribution in [3.63, 3.8) is 0 Å². The van der Waals surface area contributed by atoms with Gasteiger partial charge in [-0.3, -0.25) is 0 Å². The Kier molecular flexibility index (Phi) is 3.71. The summed E-state index contributed by atoms with van der Waals surface area (Å²) in [6.45, 7) is 2.10. The molecule has 1 heterocycles. The van der Waals surface area contributed by atoms with Crippen LogP contribution in [0.1, 0.15) is 22.9 Å². The van der Waals surface area contributed by atoms with Crippen LogP contribution in [0.3, 0.4) is 0 Å². The van der Waals surface area contributed by atoms with E-state index in [0.717, 1.165) is 22.9 Å². The topological polar surface area (TPSA) is 46.0 Å². The maximum absolute atomic E-state index is 8.47. The first kappa shape index (κ1) is 9.17. The van der Waals surface area contributed by atoms with Gasteiger partial charge in [0.05, 0.1) is 0 Å². The molecule has 0 saturated heterocycles. The summed E-state index contributed by atoms with van der Waals surface area (Å²) in [6.07, 6.45) is 1.44. The Labute approximate surface area is 75.5 Å². The zero-order valence-electron chi connectivity index (χ0n) is 6.87. The molecule has 1 aromatic heterocycles. The fourth-order valence-corrected chi connectivity index (χ4v) is 1.22. The van der Waals surface area contributed by atoms with Crippen LogP contribution in [0.15, 0.2) is 0 Å². The number of aryl methyl sites for hydroxylation is 1. The highest BCUT2D eigenvalue weighted by atomic mass is 32.1. The number of hydrogen-bond acceptors (Lipinski definition) is 4. The maximum atomic E-state index is 8.47. The summed E-state index contributed by atoms with van der Waals surface area (Å²) < 4.78 is 0. The van der Waals surface area contributed by atoms with Crippen molar-refractivity contribution in [2.45, 2.75) is 19.8 Å². The normalized spacial score (nSPS) is 9.17. The number of aliphatic hydroxyl groups is 1. The van der Waals surface area contributed by atoms with Crippen molar-refractivity contribution in [1.82, 2.24) is 10.2 Å². The summed E-state index contributed by atoms with van der Waals surface area (Å²) in [5.41, 5.74) is 0. The third kappa shape index (κ3) is 2.99. The largest absolute Gasteiger partial charge is 0.396 e. The summed E-state index contributed by atoms with van der Waals surface area (Å²) in [6, 6.07) is 0. The van der Waals surface area contributed by atoms with Crippen molar-refractivity contribution < 1.29 is 5.11 Å². The molecule has 0 aliphatic heterocycles. The van der Waals surface area contributed by atoms with Gasteiger partial charge in [0.1, 0.15) is 5.01 Å². The quantitative estimate of drug-likeness (QED) is 0.547. The number of aliphatic hydroxyl groups excluding tert-OH is 1. The maximum Gasteiger partial charge on any atom is 0.191 e. The van der Waals surface area contributed by atoms with Crippen molar-refractivity contribution in [2.24, 2.45) is 0 Å². The van der Waals surface area contributed by atoms with E-state index in [0.29, 0.717) is 0 Å². The molecule has 1 aromatic rings. The molecule has 0 radical (unpaired) electrons. The van der Waals surface area contributed by atoms with E-state index < -0.39 is 0 Å². The first-order valence-corrected chi connectivity index (χ1v) is 4.54. The van der Waals surface area contributed by atoms with Crippen LogP contribution in [-0.2, 0) is 0 Å². The molecule has 0 fully saturated rings. The van der Waals surface area contributed by atoms with Gasteiger partial charge in [0.2, 0.25) is 0 Å². The Bertz CT molecular complexity index is 297. The number of rotatable bonds is 2. The van der Waals surface area contributed by atoms with Gasteiger partial charge in [-0.1, -0.05) is 17.3 Å². The zero-order valence-corrected chi connectivity index (χ0v) is 7.69. The SMILES string of the molecule is Cc1nnc(C#CCCCO)s1. The lowest BCUT2D eigenvalue weighted by Gasteiger charge is -1.82. The van der Waals surface area contributed by atoms with E-state index in [1.807, 2.05) is 6.92 Å². The predicted molar refractivity (Wildman–Crippen MR) is 47.8 cm³/mol. The monoisotopic (exact) mass is 182 g/mol. The molecule has 0 aliphatic carbocycles. The van der Waals surface area contributed by atoms with Gasteiger partial charge in [-0.15, -0.1) is 10.2 Å². The van der Waals surface area contributed by atoms with Gasteiger partial charge in [-0.05, 0) is 19.3 Å². The summed E-state index contributed by atoms with van der Waals surface area (Å²) in [5.74, 6) is 5.80. The highest BCUT2D eigenvalue weighted by molar-refractivity contribution is 7.11. The zero-order chi connectivity index (χ0) is 8.81. The standard InChI is InChI=1S/C8H10N2OS/c1-7-9-10-8(12-7)5-3-2-4-6-11/h11H,2,4,6H2,1H3. The Balaban J connectivity index is 2.43. The molecule has 1 N–H and O–H groups in total. The van der Waals surface area contributed by atoms with Crippen molar-refractivity contribution in [2.75, 3.05) is 6.61 Å². The second-order valence-corrected chi connectivity index (χ2v) is 3.44. The van der Waals surface area contributed by atoms with E-state index in [1.54, 1.807) is 0 Å². The van der Waals surface area contributed by atoms with Crippen molar-refractivity contribution in [3.8, 4) is 11.8 Å². The number of unbranched alkanes of at least 4 members (excludes halogenated alkanes) is 1. The van der Waals surface area contributed by atoms with Crippen LogP contribution < -0.4 is 0 Å². The minimum atomic E-state index is 0.198.